The molecule has 2 aromatic carbocycles. The Morgan fingerprint density at radius 3 is 2.45 bits per heavy atom. The molecule has 0 bridgehead atoms. The lowest BCUT2D eigenvalue weighted by atomic mass is 10.1. The van der Waals surface area contributed by atoms with Gasteiger partial charge in [-0.2, -0.15) is 0 Å². The Morgan fingerprint density at radius 1 is 1.16 bits per heavy atom. The Kier molecular flexibility index (Phi) is 7.18. The Labute approximate surface area is 183 Å². The van der Waals surface area contributed by atoms with Crippen LogP contribution in [-0.4, -0.2) is 53.0 Å². The Bertz CT molecular complexity index is 871. The number of likely N-dealkylation sites (N-methyl/N-ethyl adjacent to an activating group) is 1. The molecule has 0 aliphatic heterocycles. The smallest absolute Gasteiger partial charge is 0.407 e. The van der Waals surface area contributed by atoms with Gasteiger partial charge in [-0.25, -0.2) is 9.18 Å². The van der Waals surface area contributed by atoms with Crippen molar-refractivity contribution in [2.75, 3.05) is 7.05 Å². The van der Waals surface area contributed by atoms with Crippen molar-refractivity contribution >= 4 is 6.09 Å². The molecule has 3 rings (SSSR count). The van der Waals surface area contributed by atoms with Crippen molar-refractivity contribution in [3.63, 3.8) is 0 Å². The molecule has 2 aromatic rings. The minimum absolute atomic E-state index is 0.0777. The predicted molar refractivity (Wildman–Crippen MR) is 116 cm³/mol. The zero-order valence-corrected chi connectivity index (χ0v) is 18.4. The topological polar surface area (TPSA) is 71.0 Å². The molecular weight excluding hydrogens is 399 g/mol. The number of rotatable bonds is 6. The summed E-state index contributed by atoms with van der Waals surface area (Å²) < 4.78 is 25.3. The third-order valence-corrected chi connectivity index (χ3v) is 5.23. The summed E-state index contributed by atoms with van der Waals surface area (Å²) >= 11 is 0. The van der Waals surface area contributed by atoms with Crippen LogP contribution < -0.4 is 10.1 Å². The van der Waals surface area contributed by atoms with Gasteiger partial charge in [-0.05, 0) is 45.5 Å². The van der Waals surface area contributed by atoms with Gasteiger partial charge in [-0.1, -0.05) is 42.5 Å². The number of ether oxygens (including phenoxy) is 2. The van der Waals surface area contributed by atoms with Crippen LogP contribution in [0.4, 0.5) is 9.18 Å². The Morgan fingerprint density at radius 2 is 1.81 bits per heavy atom. The van der Waals surface area contributed by atoms with Crippen LogP contribution in [0, 0.1) is 5.82 Å². The number of benzene rings is 2. The van der Waals surface area contributed by atoms with Crippen molar-refractivity contribution in [3.8, 4) is 5.75 Å². The average Bonchev–Trinajstić information content (AvgIpc) is 2.97. The predicted octanol–water partition coefficient (Wildman–Crippen LogP) is 3.73. The number of para-hydroxylation sites is 1. The number of nitrogens with zero attached hydrogens (tertiary/aromatic N) is 1. The second kappa shape index (κ2) is 9.66. The monoisotopic (exact) mass is 430 g/mol. The summed E-state index contributed by atoms with van der Waals surface area (Å²) in [5.74, 6) is -0.415. The van der Waals surface area contributed by atoms with Gasteiger partial charge in [0, 0.05) is 13.0 Å². The van der Waals surface area contributed by atoms with Crippen molar-refractivity contribution < 1.29 is 23.8 Å². The van der Waals surface area contributed by atoms with Gasteiger partial charge in [-0.3, -0.25) is 4.90 Å². The van der Waals surface area contributed by atoms with Crippen LogP contribution in [0.5, 0.6) is 5.75 Å². The molecule has 1 fully saturated rings. The molecule has 1 aliphatic rings. The Hall–Kier alpha value is -2.64. The van der Waals surface area contributed by atoms with E-state index in [-0.39, 0.29) is 5.75 Å². The molecule has 1 saturated carbocycles. The number of hydrogen-bond acceptors (Lipinski definition) is 5. The molecule has 0 radical (unpaired) electrons. The van der Waals surface area contributed by atoms with E-state index in [1.165, 1.54) is 12.1 Å². The van der Waals surface area contributed by atoms with E-state index < -0.39 is 41.8 Å². The second-order valence-corrected chi connectivity index (χ2v) is 8.96. The standard InChI is InChI=1S/C24H31FN2O4/c1-24(2,3)31-23(29)26-18-14-20(30-19-13-9-8-12-17(19)25)22(28)21(18)27(4)15-16-10-6-5-7-11-16/h5-13,18,20-22,28H,14-15H2,1-4H3,(H,26,29)/t18-,20-,21+,22+/m1/s1. The van der Waals surface area contributed by atoms with Crippen molar-refractivity contribution in [2.45, 2.75) is 63.6 Å². The van der Waals surface area contributed by atoms with Crippen LogP contribution in [-0.2, 0) is 11.3 Å². The summed E-state index contributed by atoms with van der Waals surface area (Å²) in [6.07, 6.45) is -1.86. The zero-order chi connectivity index (χ0) is 22.6. The van der Waals surface area contributed by atoms with Gasteiger partial charge >= 0.3 is 6.09 Å². The summed E-state index contributed by atoms with van der Waals surface area (Å²) in [5, 5.41) is 14.0. The van der Waals surface area contributed by atoms with Crippen LogP contribution in [0.25, 0.3) is 0 Å². The van der Waals surface area contributed by atoms with Crippen LogP contribution in [0.15, 0.2) is 54.6 Å². The highest BCUT2D eigenvalue weighted by Crippen LogP contribution is 2.31. The third-order valence-electron chi connectivity index (χ3n) is 5.23. The molecular formula is C24H31FN2O4. The lowest BCUT2D eigenvalue weighted by Crippen LogP contribution is -2.52. The SMILES string of the molecule is CN(Cc1ccccc1)[C@@H]1[C@@H](O)[C@H](Oc2ccccc2F)C[C@H]1NC(=O)OC(C)(C)C. The van der Waals surface area contributed by atoms with E-state index in [4.69, 9.17) is 9.47 Å². The van der Waals surface area contributed by atoms with Gasteiger partial charge in [-0.15, -0.1) is 0 Å². The lowest BCUT2D eigenvalue weighted by Gasteiger charge is -2.32. The zero-order valence-electron chi connectivity index (χ0n) is 18.4. The summed E-state index contributed by atoms with van der Waals surface area (Å²) in [7, 11) is 1.89. The van der Waals surface area contributed by atoms with Crippen LogP contribution in [0.1, 0.15) is 32.8 Å². The average molecular weight is 431 g/mol. The number of alkyl carbamates (subject to hydrolysis) is 1. The van der Waals surface area contributed by atoms with E-state index in [0.29, 0.717) is 13.0 Å². The van der Waals surface area contributed by atoms with Crippen LogP contribution in [0.2, 0.25) is 0 Å². The third kappa shape index (κ3) is 6.18. The van der Waals surface area contributed by atoms with E-state index in [0.717, 1.165) is 5.56 Å². The maximum atomic E-state index is 14.1. The number of nitrogens with one attached hydrogen (secondary N) is 1. The first-order chi connectivity index (χ1) is 14.6. The number of amides is 1. The van der Waals surface area contributed by atoms with Crippen LogP contribution >= 0.6 is 0 Å². The van der Waals surface area contributed by atoms with E-state index in [9.17, 15) is 14.3 Å². The molecule has 1 aliphatic carbocycles. The van der Waals surface area contributed by atoms with Gasteiger partial charge in [0.05, 0.1) is 12.1 Å². The second-order valence-electron chi connectivity index (χ2n) is 8.96. The van der Waals surface area contributed by atoms with E-state index in [2.05, 4.69) is 5.32 Å². The van der Waals surface area contributed by atoms with Crippen molar-refractivity contribution in [1.29, 1.82) is 0 Å². The molecule has 168 valence electrons. The molecule has 0 spiro atoms. The number of hydrogen-bond donors (Lipinski definition) is 2. The summed E-state index contributed by atoms with van der Waals surface area (Å²) in [6.45, 7) is 5.94. The van der Waals surface area contributed by atoms with Gasteiger partial charge in [0.2, 0.25) is 0 Å². The summed E-state index contributed by atoms with van der Waals surface area (Å²) in [4.78, 5) is 14.4. The number of carbonyl (C=O) groups excluding carboxylic acids is 1. The van der Waals surface area contributed by atoms with Crippen LogP contribution in [0.3, 0.4) is 0 Å². The molecule has 1 amide bonds. The van der Waals surface area contributed by atoms with E-state index in [1.807, 2.05) is 42.3 Å². The minimum Gasteiger partial charge on any atom is -0.485 e. The Balaban J connectivity index is 1.78. The van der Waals surface area contributed by atoms with Crippen molar-refractivity contribution in [3.05, 3.63) is 66.0 Å². The molecule has 0 unspecified atom stereocenters. The first-order valence-electron chi connectivity index (χ1n) is 10.5. The molecule has 4 atom stereocenters. The normalized spacial score (nSPS) is 23.6. The van der Waals surface area contributed by atoms with Gasteiger partial charge in [0.1, 0.15) is 17.8 Å². The summed E-state index contributed by atoms with van der Waals surface area (Å²) in [6, 6.07) is 15.1. The molecule has 6 nitrogen and oxygen atoms in total. The van der Waals surface area contributed by atoms with Crippen molar-refractivity contribution in [1.82, 2.24) is 10.2 Å². The number of carbonyl (C=O) groups is 1. The highest BCUT2D eigenvalue weighted by atomic mass is 19.1. The lowest BCUT2D eigenvalue weighted by molar-refractivity contribution is 0.00968. The molecule has 7 heteroatoms. The van der Waals surface area contributed by atoms with Gasteiger partial charge in [0.15, 0.2) is 11.6 Å². The number of aliphatic hydroxyl groups is 1. The number of halogens is 1. The van der Waals surface area contributed by atoms with Gasteiger partial charge in [0.25, 0.3) is 0 Å². The van der Waals surface area contributed by atoms with E-state index in [1.54, 1.807) is 32.9 Å². The number of aliphatic hydroxyl groups excluding tert-OH is 1. The maximum absolute atomic E-state index is 14.1. The maximum Gasteiger partial charge on any atom is 0.407 e. The van der Waals surface area contributed by atoms with Crippen molar-refractivity contribution in [2.24, 2.45) is 0 Å². The van der Waals surface area contributed by atoms with Gasteiger partial charge < -0.3 is 19.9 Å². The quantitative estimate of drug-likeness (QED) is 0.731. The summed E-state index contributed by atoms with van der Waals surface area (Å²) in [5.41, 5.74) is 0.433. The highest BCUT2D eigenvalue weighted by Gasteiger charge is 2.47. The molecule has 0 saturated heterocycles. The molecule has 0 heterocycles. The molecule has 0 aromatic heterocycles. The molecule has 2 N–H and O–H groups in total. The highest BCUT2D eigenvalue weighted by molar-refractivity contribution is 5.68. The molecule has 31 heavy (non-hydrogen) atoms. The fourth-order valence-corrected chi connectivity index (χ4v) is 3.96. The fourth-order valence-electron chi connectivity index (χ4n) is 3.96. The largest absolute Gasteiger partial charge is 0.485 e. The minimum atomic E-state index is -0.937. The first-order valence-corrected chi connectivity index (χ1v) is 10.5. The first kappa shape index (κ1) is 23.0. The fraction of sp³-hybridized carbons (Fsp3) is 0.458. The van der Waals surface area contributed by atoms with E-state index >= 15 is 0 Å².